The molecule has 0 radical (unpaired) electrons. The molecule has 4 atom stereocenters. The second-order valence-electron chi connectivity index (χ2n) is 7.60. The van der Waals surface area contributed by atoms with Crippen LogP contribution in [-0.2, 0) is 4.74 Å². The summed E-state index contributed by atoms with van der Waals surface area (Å²) in [5.41, 5.74) is 1.30. The number of piperidine rings is 1. The molecule has 0 spiro atoms. The van der Waals surface area contributed by atoms with Crippen molar-refractivity contribution in [3.63, 3.8) is 0 Å². The van der Waals surface area contributed by atoms with Gasteiger partial charge in [0.05, 0.1) is 18.2 Å². The van der Waals surface area contributed by atoms with Crippen LogP contribution in [0.3, 0.4) is 0 Å². The van der Waals surface area contributed by atoms with Gasteiger partial charge in [0.15, 0.2) is 0 Å². The standard InChI is InChI=1S/C19H28N4O2/c1-13(14-4-8-20-9-5-14)23-10-6-15(7-11-23)21-19(24)22-17-12-16-2-3-18(17)25-16/h4-5,8-9,13,15-18H,2-3,6-7,10-12H2,1H3,(H2,21,22,24)/t13-,16-,17-,18+/m1/s1. The number of fused-ring (bicyclic) bond motifs is 2. The van der Waals surface area contributed by atoms with Crippen molar-refractivity contribution >= 4 is 6.03 Å². The van der Waals surface area contributed by atoms with E-state index in [0.29, 0.717) is 12.1 Å². The quantitative estimate of drug-likeness (QED) is 0.879. The lowest BCUT2D eigenvalue weighted by atomic mass is 9.95. The van der Waals surface area contributed by atoms with Crippen LogP contribution in [0.1, 0.15) is 50.6 Å². The van der Waals surface area contributed by atoms with Crippen molar-refractivity contribution in [3.05, 3.63) is 30.1 Å². The van der Waals surface area contributed by atoms with E-state index >= 15 is 0 Å². The van der Waals surface area contributed by atoms with Gasteiger partial charge in [-0.25, -0.2) is 4.79 Å². The molecule has 3 saturated heterocycles. The number of pyridine rings is 1. The van der Waals surface area contributed by atoms with Gasteiger partial charge in [-0.2, -0.15) is 0 Å². The normalized spacial score (nSPS) is 31.0. The third-order valence-corrected chi connectivity index (χ3v) is 6.02. The summed E-state index contributed by atoms with van der Waals surface area (Å²) in [6.45, 7) is 4.25. The van der Waals surface area contributed by atoms with E-state index in [1.54, 1.807) is 0 Å². The number of rotatable bonds is 4. The number of ether oxygens (including phenoxy) is 1. The third kappa shape index (κ3) is 3.80. The fourth-order valence-corrected chi connectivity index (χ4v) is 4.47. The molecule has 0 saturated carbocycles. The number of carbonyl (C=O) groups excluding carboxylic acids is 1. The van der Waals surface area contributed by atoms with Crippen molar-refractivity contribution in [2.24, 2.45) is 0 Å². The molecule has 25 heavy (non-hydrogen) atoms. The SMILES string of the molecule is C[C@H](c1ccncc1)N1CCC(NC(=O)N[C@@H]2C[C@H]3CC[C@@H]2O3)CC1. The van der Waals surface area contributed by atoms with Gasteiger partial charge in [0.1, 0.15) is 0 Å². The largest absolute Gasteiger partial charge is 0.373 e. The summed E-state index contributed by atoms with van der Waals surface area (Å²) < 4.78 is 5.80. The van der Waals surface area contributed by atoms with Crippen LogP contribution < -0.4 is 10.6 Å². The minimum atomic E-state index is -0.0261. The summed E-state index contributed by atoms with van der Waals surface area (Å²) in [6.07, 6.45) is 9.51. The highest BCUT2D eigenvalue weighted by Gasteiger charge is 2.41. The first-order valence-corrected chi connectivity index (χ1v) is 9.55. The molecule has 0 aliphatic carbocycles. The van der Waals surface area contributed by atoms with Crippen molar-refractivity contribution in [1.29, 1.82) is 0 Å². The fraction of sp³-hybridized carbons (Fsp3) is 0.684. The van der Waals surface area contributed by atoms with Crippen LogP contribution in [0.15, 0.2) is 24.5 Å². The molecule has 0 unspecified atom stereocenters. The van der Waals surface area contributed by atoms with Gasteiger partial charge in [-0.15, -0.1) is 0 Å². The molecule has 6 nitrogen and oxygen atoms in total. The molecular weight excluding hydrogens is 316 g/mol. The summed E-state index contributed by atoms with van der Waals surface area (Å²) in [7, 11) is 0. The van der Waals surface area contributed by atoms with Gasteiger partial charge in [0, 0.05) is 37.6 Å². The second kappa shape index (κ2) is 7.30. The minimum absolute atomic E-state index is 0.0261. The van der Waals surface area contributed by atoms with Crippen LogP contribution >= 0.6 is 0 Å². The number of carbonyl (C=O) groups is 1. The summed E-state index contributed by atoms with van der Waals surface area (Å²) in [4.78, 5) is 18.9. The molecule has 6 heteroatoms. The van der Waals surface area contributed by atoms with Crippen LogP contribution in [0.4, 0.5) is 4.79 Å². The molecule has 3 aliphatic rings. The predicted octanol–water partition coefficient (Wildman–Crippen LogP) is 2.23. The first-order valence-electron chi connectivity index (χ1n) is 9.55. The number of nitrogens with one attached hydrogen (secondary N) is 2. The van der Waals surface area contributed by atoms with E-state index in [-0.39, 0.29) is 24.2 Å². The van der Waals surface area contributed by atoms with Crippen molar-refractivity contribution < 1.29 is 9.53 Å². The molecule has 0 aromatic carbocycles. The number of hydrogen-bond donors (Lipinski definition) is 2. The number of urea groups is 1. The zero-order chi connectivity index (χ0) is 17.2. The first kappa shape index (κ1) is 16.8. The van der Waals surface area contributed by atoms with Gasteiger partial charge < -0.3 is 15.4 Å². The molecule has 136 valence electrons. The molecule has 4 rings (SSSR count). The maximum atomic E-state index is 12.3. The number of likely N-dealkylation sites (tertiary alicyclic amines) is 1. The van der Waals surface area contributed by atoms with Crippen LogP contribution in [0.2, 0.25) is 0 Å². The topological polar surface area (TPSA) is 66.5 Å². The highest BCUT2D eigenvalue weighted by molar-refractivity contribution is 5.74. The highest BCUT2D eigenvalue weighted by atomic mass is 16.5. The van der Waals surface area contributed by atoms with Gasteiger partial charge in [0.25, 0.3) is 0 Å². The molecule has 1 aromatic rings. The monoisotopic (exact) mass is 344 g/mol. The average Bonchev–Trinajstić information content (AvgIpc) is 3.25. The minimum Gasteiger partial charge on any atom is -0.373 e. The predicted molar refractivity (Wildman–Crippen MR) is 95.2 cm³/mol. The number of nitrogens with zero attached hydrogens (tertiary/aromatic N) is 2. The van der Waals surface area contributed by atoms with Crippen molar-refractivity contribution in [2.75, 3.05) is 13.1 Å². The Balaban J connectivity index is 1.21. The van der Waals surface area contributed by atoms with Gasteiger partial charge >= 0.3 is 6.03 Å². The van der Waals surface area contributed by atoms with Gasteiger partial charge in [-0.3, -0.25) is 9.88 Å². The van der Waals surface area contributed by atoms with Crippen LogP contribution in [-0.4, -0.2) is 53.3 Å². The lowest BCUT2D eigenvalue weighted by Crippen LogP contribution is -2.52. The Bertz CT molecular complexity index is 588. The van der Waals surface area contributed by atoms with E-state index < -0.39 is 0 Å². The maximum absolute atomic E-state index is 12.3. The number of hydrogen-bond acceptors (Lipinski definition) is 4. The van der Waals surface area contributed by atoms with E-state index in [2.05, 4.69) is 39.6 Å². The Morgan fingerprint density at radius 2 is 1.96 bits per heavy atom. The molecular formula is C19H28N4O2. The Kier molecular flexibility index (Phi) is 4.90. The van der Waals surface area contributed by atoms with Crippen molar-refractivity contribution in [1.82, 2.24) is 20.5 Å². The Labute approximate surface area is 149 Å². The molecule has 4 heterocycles. The van der Waals surface area contributed by atoms with E-state index in [9.17, 15) is 4.79 Å². The van der Waals surface area contributed by atoms with Crippen molar-refractivity contribution in [2.45, 2.75) is 69.4 Å². The van der Waals surface area contributed by atoms with Crippen LogP contribution in [0.5, 0.6) is 0 Å². The van der Waals surface area contributed by atoms with Gasteiger partial charge in [-0.05, 0) is 56.7 Å². The summed E-state index contributed by atoms with van der Waals surface area (Å²) >= 11 is 0. The molecule has 2 amide bonds. The third-order valence-electron chi connectivity index (χ3n) is 6.02. The second-order valence-corrected chi connectivity index (χ2v) is 7.60. The Morgan fingerprint density at radius 1 is 1.20 bits per heavy atom. The number of amides is 2. The van der Waals surface area contributed by atoms with Crippen LogP contribution in [0, 0.1) is 0 Å². The Morgan fingerprint density at radius 3 is 2.60 bits per heavy atom. The first-order chi connectivity index (χ1) is 12.2. The lowest BCUT2D eigenvalue weighted by Gasteiger charge is -2.36. The van der Waals surface area contributed by atoms with E-state index in [1.165, 1.54) is 5.56 Å². The summed E-state index contributed by atoms with van der Waals surface area (Å²) in [5, 5.41) is 6.28. The van der Waals surface area contributed by atoms with Crippen LogP contribution in [0.25, 0.3) is 0 Å². The maximum Gasteiger partial charge on any atom is 0.315 e. The molecule has 1 aromatic heterocycles. The Hall–Kier alpha value is -1.66. The molecule has 3 fully saturated rings. The highest BCUT2D eigenvalue weighted by Crippen LogP contribution is 2.34. The smallest absolute Gasteiger partial charge is 0.315 e. The zero-order valence-electron chi connectivity index (χ0n) is 14.9. The van der Waals surface area contributed by atoms with Gasteiger partial charge in [-0.1, -0.05) is 0 Å². The van der Waals surface area contributed by atoms with E-state index in [1.807, 2.05) is 12.4 Å². The summed E-state index contributed by atoms with van der Waals surface area (Å²) in [5.74, 6) is 0. The zero-order valence-corrected chi connectivity index (χ0v) is 14.9. The van der Waals surface area contributed by atoms with Crippen molar-refractivity contribution in [3.8, 4) is 0 Å². The fourth-order valence-electron chi connectivity index (χ4n) is 4.47. The molecule has 3 aliphatic heterocycles. The van der Waals surface area contributed by atoms with E-state index in [4.69, 9.17) is 4.74 Å². The molecule has 2 bridgehead atoms. The average molecular weight is 344 g/mol. The van der Waals surface area contributed by atoms with E-state index in [0.717, 1.165) is 45.2 Å². The van der Waals surface area contributed by atoms with Gasteiger partial charge in [0.2, 0.25) is 0 Å². The molecule has 2 N–H and O–H groups in total. The number of aromatic nitrogens is 1. The summed E-state index contributed by atoms with van der Waals surface area (Å²) in [6, 6.07) is 5.00. The lowest BCUT2D eigenvalue weighted by molar-refractivity contribution is 0.0978.